The van der Waals surface area contributed by atoms with Crippen molar-refractivity contribution in [3.8, 4) is 34.5 Å². The van der Waals surface area contributed by atoms with Crippen LogP contribution in [0, 0.1) is 0 Å². The normalized spacial score (nSPS) is 23.0. The Bertz CT molecular complexity index is 1640. The Hall–Kier alpha value is -3.50. The maximum atomic E-state index is 13.1. The molecule has 17 heteroatoms. The largest absolute Gasteiger partial charge is 0.586 e. The fraction of sp³-hybridized carbons (Fsp3) is 0.538. The highest BCUT2D eigenvalue weighted by molar-refractivity contribution is 5.85. The summed E-state index contributed by atoms with van der Waals surface area (Å²) in [5, 5.41) is 0. The minimum Gasteiger partial charge on any atom is -0.395 e. The molecule has 0 amide bonds. The van der Waals surface area contributed by atoms with Gasteiger partial charge < -0.3 is 42.6 Å². The summed E-state index contributed by atoms with van der Waals surface area (Å²) in [6, 6.07) is 10.1. The van der Waals surface area contributed by atoms with Crippen molar-refractivity contribution in [3.63, 3.8) is 0 Å². The molecule has 0 radical (unpaired) electrons. The van der Waals surface area contributed by atoms with E-state index in [4.69, 9.17) is 14.2 Å². The van der Waals surface area contributed by atoms with Gasteiger partial charge in [-0.15, -0.1) is 51.2 Å². The zero-order valence-corrected chi connectivity index (χ0v) is 32.6. The van der Waals surface area contributed by atoms with E-state index in [0.29, 0.717) is 19.8 Å². The molecule has 0 saturated heterocycles. The van der Waals surface area contributed by atoms with E-state index in [1.165, 1.54) is 0 Å². The summed E-state index contributed by atoms with van der Waals surface area (Å²) >= 11 is 0. The van der Waals surface area contributed by atoms with Crippen LogP contribution in [0.4, 0.5) is 26.3 Å². The van der Waals surface area contributed by atoms with Gasteiger partial charge >= 0.3 is 18.9 Å². The molecule has 0 aromatic heterocycles. The van der Waals surface area contributed by atoms with Crippen molar-refractivity contribution < 1.29 is 69.0 Å². The molecule has 9 nitrogen and oxygen atoms in total. The lowest BCUT2D eigenvalue weighted by Gasteiger charge is -2.26. The van der Waals surface area contributed by atoms with Crippen molar-refractivity contribution in [1.29, 1.82) is 0 Å². The second-order valence-electron chi connectivity index (χ2n) is 13.6. The average Bonchev–Trinajstić information content (AvgIpc) is 3.75. The van der Waals surface area contributed by atoms with Gasteiger partial charge in [-0.25, -0.2) is 0 Å². The molecule has 0 aliphatic carbocycles. The van der Waals surface area contributed by atoms with Crippen LogP contribution in [0.3, 0.4) is 0 Å². The first-order valence-corrected chi connectivity index (χ1v) is 18.4. The maximum Gasteiger partial charge on any atom is 0.586 e. The lowest BCUT2D eigenvalue weighted by Crippen LogP contribution is -2.26. The van der Waals surface area contributed by atoms with Crippen LogP contribution in [0.2, 0.25) is 0 Å². The topological polar surface area (TPSA) is 83.1 Å². The smallest absolute Gasteiger partial charge is 0.395 e. The number of alkyl halides is 6. The van der Waals surface area contributed by atoms with Gasteiger partial charge in [-0.2, -0.15) is 0 Å². The second-order valence-corrected chi connectivity index (χ2v) is 13.6. The fourth-order valence-corrected chi connectivity index (χ4v) is 7.59. The zero-order chi connectivity index (χ0) is 38.3. The number of rotatable bonds is 6. The van der Waals surface area contributed by atoms with Gasteiger partial charge in [0, 0.05) is 16.7 Å². The van der Waals surface area contributed by atoms with E-state index in [-0.39, 0.29) is 77.6 Å². The van der Waals surface area contributed by atoms with E-state index in [1.54, 1.807) is 18.2 Å². The highest BCUT2D eigenvalue weighted by Crippen LogP contribution is 2.52. The molecule has 310 valence electrons. The van der Waals surface area contributed by atoms with E-state index in [0.717, 1.165) is 91.2 Å². The van der Waals surface area contributed by atoms with E-state index in [9.17, 15) is 26.3 Å². The standard InChI is InChI=1S/3C13H14F2O3.2ClH/c3*1-2-3-9-11-8(6-7-16-9)4-5-10-12(11)18-13(14,15)17-10;;/h3*4-5,9H,2-3,6-7H2,1H3;2*1H/t2*9-;;;/m10.../s1. The van der Waals surface area contributed by atoms with Crippen LogP contribution in [0.25, 0.3) is 0 Å². The summed E-state index contributed by atoms with van der Waals surface area (Å²) in [5.74, 6) is 0.753. The van der Waals surface area contributed by atoms with Crippen LogP contribution >= 0.6 is 24.8 Å². The third kappa shape index (κ3) is 9.12. The first-order valence-electron chi connectivity index (χ1n) is 18.4. The molecule has 6 aliphatic rings. The summed E-state index contributed by atoms with van der Waals surface area (Å²) in [5.41, 5.74) is 5.24. The van der Waals surface area contributed by atoms with Crippen molar-refractivity contribution in [2.24, 2.45) is 0 Å². The molecule has 6 heterocycles. The second kappa shape index (κ2) is 17.6. The lowest BCUT2D eigenvalue weighted by atomic mass is 9.93. The maximum absolute atomic E-state index is 13.1. The fourth-order valence-electron chi connectivity index (χ4n) is 7.59. The zero-order valence-electron chi connectivity index (χ0n) is 30.9. The molecule has 3 aromatic carbocycles. The van der Waals surface area contributed by atoms with E-state index in [2.05, 4.69) is 28.4 Å². The predicted octanol–water partition coefficient (Wildman–Crippen LogP) is 11.1. The third-order valence-electron chi connectivity index (χ3n) is 9.79. The van der Waals surface area contributed by atoms with Crippen LogP contribution < -0.4 is 28.4 Å². The Morgan fingerprint density at radius 2 is 0.714 bits per heavy atom. The Morgan fingerprint density at radius 3 is 0.964 bits per heavy atom. The van der Waals surface area contributed by atoms with Gasteiger partial charge in [0.15, 0.2) is 34.5 Å². The number of halogens is 8. The molecule has 56 heavy (non-hydrogen) atoms. The monoisotopic (exact) mass is 840 g/mol. The number of benzene rings is 3. The first-order chi connectivity index (χ1) is 25.8. The van der Waals surface area contributed by atoms with Crippen molar-refractivity contribution in [1.82, 2.24) is 0 Å². The molecule has 0 spiro atoms. The molecule has 0 saturated carbocycles. The third-order valence-corrected chi connectivity index (χ3v) is 9.79. The Labute approximate surface area is 333 Å². The highest BCUT2D eigenvalue weighted by Gasteiger charge is 2.48. The van der Waals surface area contributed by atoms with Crippen molar-refractivity contribution in [3.05, 3.63) is 69.8 Å². The van der Waals surface area contributed by atoms with Crippen molar-refractivity contribution in [2.75, 3.05) is 19.8 Å². The van der Waals surface area contributed by atoms with Crippen LogP contribution in [0.15, 0.2) is 36.4 Å². The number of ether oxygens (including phenoxy) is 9. The SMILES string of the molecule is CCCC1OCCc2ccc3c(c21)OC(F)(F)O3.CCC[C@@H]1OCCc2ccc3c(c21)OC(F)(F)O3.CCC[C@H]1OCCc2ccc3c(c21)OC(F)(F)O3.Cl.Cl. The van der Waals surface area contributed by atoms with Crippen LogP contribution in [0.1, 0.15) is 111 Å². The van der Waals surface area contributed by atoms with Gasteiger partial charge in [-0.3, -0.25) is 0 Å². The van der Waals surface area contributed by atoms with Gasteiger partial charge in [-0.1, -0.05) is 58.2 Å². The molecule has 0 fully saturated rings. The number of fused-ring (bicyclic) bond motifs is 9. The molecule has 6 aliphatic heterocycles. The minimum absolute atomic E-state index is 0. The van der Waals surface area contributed by atoms with Gasteiger partial charge in [0.05, 0.1) is 38.1 Å². The van der Waals surface area contributed by atoms with E-state index in [1.807, 2.05) is 39.0 Å². The van der Waals surface area contributed by atoms with Crippen LogP contribution in [0.5, 0.6) is 34.5 Å². The molecule has 9 rings (SSSR count). The van der Waals surface area contributed by atoms with Crippen LogP contribution in [-0.2, 0) is 33.5 Å². The molecule has 0 N–H and O–H groups in total. The van der Waals surface area contributed by atoms with Gasteiger partial charge in [0.25, 0.3) is 0 Å². The highest BCUT2D eigenvalue weighted by atomic mass is 35.5. The predicted molar refractivity (Wildman–Crippen MR) is 194 cm³/mol. The molecule has 3 aromatic rings. The molecular weight excluding hydrogens is 797 g/mol. The molecule has 0 bridgehead atoms. The summed E-state index contributed by atoms with van der Waals surface area (Å²) in [6.45, 7) is 7.96. The summed E-state index contributed by atoms with van der Waals surface area (Å²) in [6.07, 6.45) is -3.92. The van der Waals surface area contributed by atoms with Crippen molar-refractivity contribution in [2.45, 2.75) is 116 Å². The lowest BCUT2D eigenvalue weighted by molar-refractivity contribution is -0.288. The Balaban J connectivity index is 0.000000158. The number of hydrogen-bond donors (Lipinski definition) is 0. The van der Waals surface area contributed by atoms with Gasteiger partial charge in [-0.05, 0) is 73.4 Å². The summed E-state index contributed by atoms with van der Waals surface area (Å²) in [7, 11) is 0. The van der Waals surface area contributed by atoms with Gasteiger partial charge in [0.1, 0.15) is 0 Å². The first kappa shape index (κ1) is 43.6. The molecular formula is C39H44Cl2F6O9. The number of hydrogen-bond acceptors (Lipinski definition) is 9. The minimum atomic E-state index is -3.56. The molecule has 3 atom stereocenters. The van der Waals surface area contributed by atoms with Crippen molar-refractivity contribution >= 4 is 24.8 Å². The van der Waals surface area contributed by atoms with Crippen LogP contribution in [-0.4, -0.2) is 38.7 Å². The molecule has 1 unspecified atom stereocenters. The van der Waals surface area contributed by atoms with E-state index < -0.39 is 18.9 Å². The Kier molecular flexibility index (Phi) is 13.7. The summed E-state index contributed by atoms with van der Waals surface area (Å²) < 4.78 is 123. The quantitative estimate of drug-likeness (QED) is 0.225. The Morgan fingerprint density at radius 1 is 0.446 bits per heavy atom. The average molecular weight is 842 g/mol. The summed E-state index contributed by atoms with van der Waals surface area (Å²) in [4.78, 5) is 0. The van der Waals surface area contributed by atoms with Gasteiger partial charge in [0.2, 0.25) is 0 Å². The van der Waals surface area contributed by atoms with E-state index >= 15 is 0 Å².